The summed E-state index contributed by atoms with van der Waals surface area (Å²) in [5, 5.41) is 11.0. The van der Waals surface area contributed by atoms with Gasteiger partial charge in [0.05, 0.1) is 4.47 Å². The Morgan fingerprint density at radius 3 is 1.63 bits per heavy atom. The third-order valence-electron chi connectivity index (χ3n) is 13.4. The summed E-state index contributed by atoms with van der Waals surface area (Å²) in [5.74, 6) is 0.421. The number of hydrogen-bond donors (Lipinski definition) is 1. The van der Waals surface area contributed by atoms with Crippen molar-refractivity contribution in [1.82, 2.24) is 4.98 Å². The molecule has 1 N–H and O–H groups in total. The van der Waals surface area contributed by atoms with Crippen LogP contribution >= 0.6 is 31.9 Å². The molecule has 4 aromatic carbocycles. The van der Waals surface area contributed by atoms with Crippen LogP contribution in [0.1, 0.15) is 215 Å². The molecule has 0 aliphatic heterocycles. The van der Waals surface area contributed by atoms with Crippen molar-refractivity contribution in [1.29, 1.82) is 0 Å². The Balaban J connectivity index is 0.000000492. The Hall–Kier alpha value is -3.50. The number of phenolic OH excluding ortho intramolecular Hbond substituents is 1. The van der Waals surface area contributed by atoms with E-state index in [9.17, 15) is 5.11 Å². The number of aromatic nitrogens is 1. The van der Waals surface area contributed by atoms with Crippen LogP contribution in [0.2, 0.25) is 0 Å². The zero-order valence-electron chi connectivity index (χ0n) is 47.9. The van der Waals surface area contributed by atoms with E-state index in [0.29, 0.717) is 5.75 Å². The molecule has 0 unspecified atom stereocenters. The van der Waals surface area contributed by atoms with E-state index in [0.717, 1.165) is 52.8 Å². The average Bonchev–Trinajstić information content (AvgIpc) is 3.79. The molecule has 0 amide bonds. The van der Waals surface area contributed by atoms with Crippen molar-refractivity contribution in [3.05, 3.63) is 176 Å². The summed E-state index contributed by atoms with van der Waals surface area (Å²) < 4.78 is 9.20. The third kappa shape index (κ3) is 27.1. The van der Waals surface area contributed by atoms with Crippen LogP contribution in [0.4, 0.5) is 5.69 Å². The van der Waals surface area contributed by atoms with Gasteiger partial charge < -0.3 is 10.1 Å². The Morgan fingerprint density at radius 2 is 1.12 bits per heavy atom. The molecule has 5 aromatic rings. The minimum absolute atomic E-state index is 0. The molecule has 3 nitrogen and oxygen atoms in total. The van der Waals surface area contributed by atoms with Gasteiger partial charge >= 0.3 is 123 Å². The van der Waals surface area contributed by atoms with E-state index in [2.05, 4.69) is 182 Å². The number of rotatable bonds is 18. The van der Waals surface area contributed by atoms with Crippen LogP contribution in [0.5, 0.6) is 5.75 Å². The second kappa shape index (κ2) is 41.6. The molecule has 0 atom stereocenters. The van der Waals surface area contributed by atoms with E-state index in [1.54, 1.807) is 6.08 Å². The van der Waals surface area contributed by atoms with Crippen molar-refractivity contribution in [3.63, 3.8) is 0 Å². The Morgan fingerprint density at radius 1 is 0.640 bits per heavy atom. The molecular weight excluding hydrogens is 1130 g/mol. The van der Waals surface area contributed by atoms with E-state index in [1.165, 1.54) is 165 Å². The molecule has 0 spiro atoms. The fourth-order valence-electron chi connectivity index (χ4n) is 9.13. The second-order valence-corrected chi connectivity index (χ2v) is 23.7. The van der Waals surface area contributed by atoms with E-state index >= 15 is 0 Å². The van der Waals surface area contributed by atoms with Gasteiger partial charge in [-0.15, -0.1) is 13.2 Å². The van der Waals surface area contributed by atoms with Gasteiger partial charge in [0, 0.05) is 10.0 Å². The average molecular weight is 1230 g/mol. The minimum atomic E-state index is -0.473. The van der Waals surface area contributed by atoms with Gasteiger partial charge in [-0.05, 0) is 159 Å². The number of halogens is 2. The number of phenols is 1. The molecule has 75 heavy (non-hydrogen) atoms. The van der Waals surface area contributed by atoms with Crippen molar-refractivity contribution < 1.29 is 23.0 Å². The summed E-state index contributed by atoms with van der Waals surface area (Å²) in [7, 11) is 0. The predicted octanol–water partition coefficient (Wildman–Crippen LogP) is 22.6. The zero-order valence-corrected chi connectivity index (χ0v) is 53.0. The first kappa shape index (κ1) is 69.5. The van der Waals surface area contributed by atoms with Crippen molar-refractivity contribution in [2.75, 3.05) is 0 Å². The molecule has 0 radical (unpaired) electrons. The molecule has 0 bridgehead atoms. The number of hydrogen-bond acceptors (Lipinski definition) is 2. The number of fused-ring (bicyclic) bond motifs is 2. The van der Waals surface area contributed by atoms with Crippen LogP contribution in [0, 0.1) is 27.7 Å². The summed E-state index contributed by atoms with van der Waals surface area (Å²) in [6.45, 7) is 28.4. The zero-order chi connectivity index (χ0) is 54.6. The second-order valence-electron chi connectivity index (χ2n) is 20.4. The van der Waals surface area contributed by atoms with Gasteiger partial charge in [-0.2, -0.15) is 11.4 Å². The summed E-state index contributed by atoms with van der Waals surface area (Å²) >= 11 is 6.89. The van der Waals surface area contributed by atoms with E-state index < -0.39 is 17.9 Å². The van der Waals surface area contributed by atoms with Gasteiger partial charge in [-0.3, -0.25) is 0 Å². The van der Waals surface area contributed by atoms with Crippen molar-refractivity contribution >= 4 is 41.9 Å². The number of aryl methyl sites for hydroxylation is 5. The first-order valence-electron chi connectivity index (χ1n) is 28.2. The van der Waals surface area contributed by atoms with Gasteiger partial charge in [0.2, 0.25) is 0 Å². The number of allylic oxidation sites excluding steroid dienone is 4. The third-order valence-corrected chi connectivity index (χ3v) is 17.3. The van der Waals surface area contributed by atoms with Gasteiger partial charge in [-0.25, -0.2) is 0 Å². The van der Waals surface area contributed by atoms with E-state index in [4.69, 9.17) is 3.50 Å². The molecule has 0 saturated heterocycles. The topological polar surface area (TPSA) is 46.7 Å². The summed E-state index contributed by atoms with van der Waals surface area (Å²) in [4.78, 5) is 4.11. The van der Waals surface area contributed by atoms with Crippen LogP contribution in [-0.2, 0) is 49.0 Å². The molecule has 0 saturated carbocycles. The van der Waals surface area contributed by atoms with Gasteiger partial charge in [-0.1, -0.05) is 152 Å². The number of unbranched alkanes of at least 4 members (excludes halogenated alkanes) is 12. The molecule has 7 rings (SSSR count). The number of nitrogens with zero attached hydrogens (tertiary/aromatic N) is 2. The fourth-order valence-corrected chi connectivity index (χ4v) is 12.0. The Labute approximate surface area is 485 Å². The van der Waals surface area contributed by atoms with Gasteiger partial charge in [0.15, 0.2) is 0 Å². The van der Waals surface area contributed by atoms with E-state index in [1.807, 2.05) is 39.0 Å². The SMILES string of the molecule is C.C/C=C\CCCCCCCC.C=CC.C=CCCCCCCCC.Cc1c(Br)cc2c(c1-c1c(O)c(Br)cc3c1CCCC3)CCCC2.Cc1ccc(C)[n-]1.Cc1ccccc1[N]=[Mo]=[CH]C(C)(C)c1ccccc1. The number of benzene rings is 4. The van der Waals surface area contributed by atoms with Crippen molar-refractivity contribution in [3.8, 4) is 16.9 Å². The van der Waals surface area contributed by atoms with E-state index in [-0.39, 0.29) is 12.8 Å². The standard InChI is InChI=1S/C21H22Br2O.C11H22.C10H12.C10H20.C7H7N.C6H8N.C3H6.CH4.Mo/c1-12-17(22)10-13-6-2-4-8-15(13)19(12)20-16-9-5-3-7-14(16)11-18(23)21(20)24;1-3-5-7-9-11-10-8-6-4-2;1-10(2,3)9-7-5-4-6-8-9;1-3-5-7-9-10-8-6-4-2;1-6-4-2-3-5-7(6)8;1-5-3-4-6(2)7-5;1-3-2;;/h10-11,24H,2-9H2,1H3;3,5H,4,6-11H2,1-2H3;1,4-8H,2-3H3;3H,1,4-10H2,2H3;2-5H,1H3;3-4H,1-2H3;3H,1H2,2H3;1H4;/q;;;;;-1;;;/b;5-3-;;;;;;;. The van der Waals surface area contributed by atoms with Crippen LogP contribution in [0.15, 0.2) is 129 Å². The molecule has 1 aromatic heterocycles. The van der Waals surface area contributed by atoms with Gasteiger partial charge in [0.1, 0.15) is 5.75 Å². The first-order valence-corrected chi connectivity index (χ1v) is 31.9. The van der Waals surface area contributed by atoms with Crippen LogP contribution in [0.3, 0.4) is 0 Å². The Bertz CT molecular complexity index is 2350. The molecule has 414 valence electrons. The maximum absolute atomic E-state index is 11.0. The normalized spacial score (nSPS) is 12.1. The number of aromatic hydroxyl groups is 1. The molecule has 2 aliphatic rings. The molecule has 6 heteroatoms. The monoisotopic (exact) mass is 1230 g/mol. The molecule has 2 aliphatic carbocycles. The molecule has 0 fully saturated rings. The summed E-state index contributed by atoms with van der Waals surface area (Å²) in [6.07, 6.45) is 36.9. The fraction of sp³-hybridized carbons (Fsp3) is 0.493. The quantitative estimate of drug-likeness (QED) is 0.0540. The van der Waals surface area contributed by atoms with Crippen LogP contribution < -0.4 is 4.98 Å². The van der Waals surface area contributed by atoms with Gasteiger partial charge in [0.25, 0.3) is 0 Å². The summed E-state index contributed by atoms with van der Waals surface area (Å²) in [5.41, 5.74) is 15.4. The molecular formula is C69H101Br2MoN2O-. The van der Waals surface area contributed by atoms with Crippen LogP contribution in [0.25, 0.3) is 11.1 Å². The van der Waals surface area contributed by atoms with Crippen molar-refractivity contribution in [2.24, 2.45) is 3.50 Å². The summed E-state index contributed by atoms with van der Waals surface area (Å²) in [6, 6.07) is 27.4. The molecule has 1 heterocycles. The maximum atomic E-state index is 11.0. The van der Waals surface area contributed by atoms with Crippen LogP contribution in [-0.4, -0.2) is 9.51 Å². The first-order chi connectivity index (χ1) is 35.7. The predicted molar refractivity (Wildman–Crippen MR) is 339 cm³/mol. The Kier molecular flexibility index (Phi) is 38.5. The van der Waals surface area contributed by atoms with Crippen molar-refractivity contribution in [2.45, 2.75) is 223 Å².